The van der Waals surface area contributed by atoms with Crippen LogP contribution < -0.4 is 0 Å². The Balaban J connectivity index is 1.94. The minimum atomic E-state index is -0.494. The van der Waals surface area contributed by atoms with Crippen molar-refractivity contribution in [1.82, 2.24) is 9.80 Å². The zero-order valence-corrected chi connectivity index (χ0v) is 11.7. The number of fused-ring (bicyclic) bond motifs is 1. The van der Waals surface area contributed by atoms with Gasteiger partial charge in [0.25, 0.3) is 5.91 Å². The lowest BCUT2D eigenvalue weighted by atomic mass is 10.1. The zero-order valence-electron chi connectivity index (χ0n) is 11.0. The van der Waals surface area contributed by atoms with E-state index in [1.807, 2.05) is 12.1 Å². The van der Waals surface area contributed by atoms with Crippen LogP contribution in [0.25, 0.3) is 0 Å². The summed E-state index contributed by atoms with van der Waals surface area (Å²) in [4.78, 5) is 19.3. The van der Waals surface area contributed by atoms with E-state index in [0.717, 1.165) is 5.56 Å². The smallest absolute Gasteiger partial charge is 0.286 e. The number of carbonyl (C=O) groups is 1. The van der Waals surface area contributed by atoms with E-state index in [0.29, 0.717) is 30.6 Å². The van der Waals surface area contributed by atoms with Crippen LogP contribution >= 0.6 is 11.6 Å². The summed E-state index contributed by atoms with van der Waals surface area (Å²) in [5, 5.41) is 20.6. The molecule has 0 bridgehead atoms. The van der Waals surface area contributed by atoms with Gasteiger partial charge in [0.1, 0.15) is 0 Å². The molecule has 21 heavy (non-hydrogen) atoms. The van der Waals surface area contributed by atoms with Crippen molar-refractivity contribution in [3.05, 3.63) is 34.9 Å². The van der Waals surface area contributed by atoms with Gasteiger partial charge in [0.2, 0.25) is 11.7 Å². The second-order valence-electron chi connectivity index (χ2n) is 4.65. The predicted octanol–water partition coefficient (Wildman–Crippen LogP) is 1.16. The minimum absolute atomic E-state index is 0.158. The lowest BCUT2D eigenvalue weighted by Gasteiger charge is -2.34. The SMILES string of the molecule is N=C1/C(=N/O)C(=O)N2CCN=C2N1Cc1ccc(Cl)cc1. The molecule has 0 aliphatic carbocycles. The van der Waals surface area contributed by atoms with Crippen molar-refractivity contribution < 1.29 is 10.0 Å². The average molecular weight is 306 g/mol. The molecule has 0 saturated carbocycles. The largest absolute Gasteiger partial charge is 0.410 e. The molecule has 0 radical (unpaired) electrons. The molecule has 0 spiro atoms. The first-order valence-corrected chi connectivity index (χ1v) is 6.69. The lowest BCUT2D eigenvalue weighted by Crippen LogP contribution is -2.58. The summed E-state index contributed by atoms with van der Waals surface area (Å²) in [5.74, 6) is -0.229. The number of guanidine groups is 1. The van der Waals surface area contributed by atoms with E-state index in [1.165, 1.54) is 4.90 Å². The highest BCUT2D eigenvalue weighted by atomic mass is 35.5. The normalized spacial score (nSPS) is 20.0. The first-order valence-electron chi connectivity index (χ1n) is 6.31. The van der Waals surface area contributed by atoms with E-state index in [9.17, 15) is 4.79 Å². The number of oxime groups is 1. The Bertz CT molecular complexity index is 668. The van der Waals surface area contributed by atoms with Crippen LogP contribution in [0.2, 0.25) is 5.02 Å². The molecule has 108 valence electrons. The van der Waals surface area contributed by atoms with Crippen molar-refractivity contribution in [3.8, 4) is 0 Å². The molecule has 0 aromatic heterocycles. The predicted molar refractivity (Wildman–Crippen MR) is 78.0 cm³/mol. The van der Waals surface area contributed by atoms with Crippen molar-refractivity contribution in [3.63, 3.8) is 0 Å². The third-order valence-electron chi connectivity index (χ3n) is 3.36. The van der Waals surface area contributed by atoms with Crippen LogP contribution in [0.5, 0.6) is 0 Å². The summed E-state index contributed by atoms with van der Waals surface area (Å²) < 4.78 is 0. The molecule has 7 nitrogen and oxygen atoms in total. The lowest BCUT2D eigenvalue weighted by molar-refractivity contribution is -0.120. The number of nitrogens with one attached hydrogen (secondary N) is 1. The summed E-state index contributed by atoms with van der Waals surface area (Å²) in [6.07, 6.45) is 0. The van der Waals surface area contributed by atoms with Gasteiger partial charge < -0.3 is 5.21 Å². The van der Waals surface area contributed by atoms with Gasteiger partial charge in [0.15, 0.2) is 5.84 Å². The van der Waals surface area contributed by atoms with E-state index in [4.69, 9.17) is 22.2 Å². The number of nitrogens with zero attached hydrogens (tertiary/aromatic N) is 4. The molecule has 1 saturated heterocycles. The van der Waals surface area contributed by atoms with Gasteiger partial charge in [-0.2, -0.15) is 0 Å². The van der Waals surface area contributed by atoms with E-state index < -0.39 is 5.91 Å². The Morgan fingerprint density at radius 1 is 1.38 bits per heavy atom. The molecule has 3 rings (SSSR count). The van der Waals surface area contributed by atoms with Crippen LogP contribution in [-0.4, -0.2) is 51.5 Å². The number of amides is 1. The van der Waals surface area contributed by atoms with Crippen molar-refractivity contribution in [2.75, 3.05) is 13.1 Å². The first kappa shape index (κ1) is 13.6. The van der Waals surface area contributed by atoms with Crippen molar-refractivity contribution in [2.45, 2.75) is 6.54 Å². The average Bonchev–Trinajstić information content (AvgIpc) is 2.96. The van der Waals surface area contributed by atoms with Gasteiger partial charge in [-0.05, 0) is 17.7 Å². The van der Waals surface area contributed by atoms with Gasteiger partial charge in [-0.25, -0.2) is 0 Å². The van der Waals surface area contributed by atoms with Gasteiger partial charge in [-0.1, -0.05) is 28.9 Å². The summed E-state index contributed by atoms with van der Waals surface area (Å²) >= 11 is 5.85. The second-order valence-corrected chi connectivity index (χ2v) is 5.08. The van der Waals surface area contributed by atoms with E-state index in [1.54, 1.807) is 17.0 Å². The molecule has 1 fully saturated rings. The number of amidine groups is 1. The summed E-state index contributed by atoms with van der Waals surface area (Å²) in [6, 6.07) is 7.18. The van der Waals surface area contributed by atoms with Gasteiger partial charge in [0, 0.05) is 11.6 Å². The van der Waals surface area contributed by atoms with Crippen molar-refractivity contribution in [1.29, 1.82) is 5.41 Å². The summed E-state index contributed by atoms with van der Waals surface area (Å²) in [7, 11) is 0. The highest BCUT2D eigenvalue weighted by molar-refractivity contribution is 6.69. The molecule has 2 N–H and O–H groups in total. The molecular weight excluding hydrogens is 294 g/mol. The van der Waals surface area contributed by atoms with Crippen LogP contribution in [0.15, 0.2) is 34.4 Å². The maximum atomic E-state index is 12.1. The van der Waals surface area contributed by atoms with Crippen molar-refractivity contribution >= 4 is 35.0 Å². The van der Waals surface area contributed by atoms with E-state index >= 15 is 0 Å². The number of rotatable bonds is 2. The number of carbonyl (C=O) groups excluding carboxylic acids is 1. The molecule has 2 aliphatic heterocycles. The number of hydrogen-bond acceptors (Lipinski definition) is 5. The fourth-order valence-electron chi connectivity index (χ4n) is 2.33. The molecule has 2 aliphatic rings. The van der Waals surface area contributed by atoms with Gasteiger partial charge in [-0.15, -0.1) is 0 Å². The van der Waals surface area contributed by atoms with Gasteiger partial charge >= 0.3 is 0 Å². The third kappa shape index (κ3) is 2.25. The third-order valence-corrected chi connectivity index (χ3v) is 3.61. The number of halogens is 1. The minimum Gasteiger partial charge on any atom is -0.410 e. The second kappa shape index (κ2) is 5.17. The number of hydrogen-bond donors (Lipinski definition) is 2. The molecule has 8 heteroatoms. The Kier molecular flexibility index (Phi) is 3.34. The molecular formula is C13H12ClN5O2. The highest BCUT2D eigenvalue weighted by Crippen LogP contribution is 2.19. The van der Waals surface area contributed by atoms with E-state index in [-0.39, 0.29) is 11.5 Å². The zero-order chi connectivity index (χ0) is 15.0. The van der Waals surface area contributed by atoms with Crippen LogP contribution in [0, 0.1) is 5.41 Å². The molecule has 1 aromatic rings. The maximum Gasteiger partial charge on any atom is 0.286 e. The Morgan fingerprint density at radius 3 is 2.76 bits per heavy atom. The topological polar surface area (TPSA) is 92.3 Å². The Morgan fingerprint density at radius 2 is 2.10 bits per heavy atom. The fraction of sp³-hybridized carbons (Fsp3) is 0.231. The van der Waals surface area contributed by atoms with Gasteiger partial charge in [-0.3, -0.25) is 25.0 Å². The number of benzene rings is 1. The Hall–Kier alpha value is -2.41. The fourth-order valence-corrected chi connectivity index (χ4v) is 2.45. The number of aliphatic imine (C=N–C) groups is 1. The first-order chi connectivity index (χ1) is 10.1. The van der Waals surface area contributed by atoms with Crippen LogP contribution in [0.4, 0.5) is 0 Å². The van der Waals surface area contributed by atoms with Crippen molar-refractivity contribution in [2.24, 2.45) is 10.1 Å². The van der Waals surface area contributed by atoms with Crippen LogP contribution in [0.3, 0.4) is 0 Å². The summed E-state index contributed by atoms with van der Waals surface area (Å²) in [5.41, 5.74) is 0.634. The standard InChI is InChI=1S/C13H12ClN5O2/c14-9-3-1-8(2-4-9)7-19-11(15)10(17-21)12(20)18-6-5-16-13(18)19/h1-4,15,21H,5-7H2/b15-11?,17-10-. The summed E-state index contributed by atoms with van der Waals surface area (Å²) in [6.45, 7) is 1.25. The molecule has 1 amide bonds. The van der Waals surface area contributed by atoms with Crippen LogP contribution in [-0.2, 0) is 11.3 Å². The quantitative estimate of drug-likeness (QED) is 0.634. The molecule has 2 heterocycles. The molecule has 0 atom stereocenters. The maximum absolute atomic E-state index is 12.1. The molecule has 0 unspecified atom stereocenters. The molecule has 1 aromatic carbocycles. The highest BCUT2D eigenvalue weighted by Gasteiger charge is 2.41. The van der Waals surface area contributed by atoms with E-state index in [2.05, 4.69) is 10.1 Å². The Labute approximate surface area is 125 Å². The monoisotopic (exact) mass is 305 g/mol. The van der Waals surface area contributed by atoms with Gasteiger partial charge in [0.05, 0.1) is 13.1 Å². The van der Waals surface area contributed by atoms with Crippen LogP contribution in [0.1, 0.15) is 5.56 Å².